The highest BCUT2D eigenvalue weighted by molar-refractivity contribution is 7.99. The van der Waals surface area contributed by atoms with Crippen molar-refractivity contribution in [3.8, 4) is 0 Å². The number of imidazole rings is 1. The Morgan fingerprint density at radius 2 is 1.88 bits per heavy atom. The number of nitrogens with zero attached hydrogens (tertiary/aromatic N) is 3. The zero-order valence-electron chi connectivity index (χ0n) is 14.3. The number of benzene rings is 1. The highest BCUT2D eigenvalue weighted by atomic mass is 32.2. The van der Waals surface area contributed by atoms with Crippen molar-refractivity contribution in [1.29, 1.82) is 0 Å². The Kier molecular flexibility index (Phi) is 5.46. The van der Waals surface area contributed by atoms with Crippen molar-refractivity contribution < 1.29 is 13.6 Å². The Morgan fingerprint density at radius 3 is 2.54 bits per heavy atom. The average Bonchev–Trinajstić information content (AvgIpc) is 3.03. The van der Waals surface area contributed by atoms with Gasteiger partial charge in [-0.2, -0.15) is 0 Å². The third-order valence-corrected chi connectivity index (χ3v) is 5.03. The number of rotatable bonds is 6. The fourth-order valence-electron chi connectivity index (χ4n) is 2.89. The smallest absolute Gasteiger partial charge is 0.219 e. The van der Waals surface area contributed by atoms with E-state index < -0.39 is 11.6 Å². The van der Waals surface area contributed by atoms with Gasteiger partial charge in [0.1, 0.15) is 17.5 Å². The third-order valence-electron chi connectivity index (χ3n) is 3.97. The summed E-state index contributed by atoms with van der Waals surface area (Å²) in [6, 6.07) is 5.21. The Hall–Kier alpha value is -2.54. The van der Waals surface area contributed by atoms with Gasteiger partial charge in [0.15, 0.2) is 0 Å². The quantitative estimate of drug-likeness (QED) is 0.596. The van der Waals surface area contributed by atoms with Crippen molar-refractivity contribution in [3.05, 3.63) is 72.1 Å². The van der Waals surface area contributed by atoms with E-state index in [0.717, 1.165) is 16.5 Å². The SMILES string of the molecule is CC(C)C(c1cnccc1Sc1cc(F)cc(F)c1)c1nccn1C=O. The molecule has 0 N–H and O–H groups in total. The number of hydrogen-bond acceptors (Lipinski definition) is 4. The molecule has 0 amide bonds. The molecule has 0 fully saturated rings. The molecule has 0 saturated carbocycles. The summed E-state index contributed by atoms with van der Waals surface area (Å²) in [6.45, 7) is 4.05. The minimum absolute atomic E-state index is 0.129. The maximum atomic E-state index is 13.5. The monoisotopic (exact) mass is 373 g/mol. The molecule has 7 heteroatoms. The van der Waals surface area contributed by atoms with Crippen molar-refractivity contribution in [2.24, 2.45) is 5.92 Å². The van der Waals surface area contributed by atoms with Crippen LogP contribution in [0.1, 0.15) is 31.2 Å². The number of aromatic nitrogens is 3. The summed E-state index contributed by atoms with van der Waals surface area (Å²) in [5.41, 5.74) is 0.853. The molecule has 134 valence electrons. The Labute approximate surface area is 154 Å². The lowest BCUT2D eigenvalue weighted by atomic mass is 9.88. The van der Waals surface area contributed by atoms with Gasteiger partial charge in [-0.15, -0.1) is 0 Å². The van der Waals surface area contributed by atoms with Gasteiger partial charge in [0.2, 0.25) is 6.41 Å². The third kappa shape index (κ3) is 3.83. The Morgan fingerprint density at radius 1 is 1.15 bits per heavy atom. The van der Waals surface area contributed by atoms with Crippen LogP contribution in [0, 0.1) is 17.6 Å². The van der Waals surface area contributed by atoms with Crippen LogP contribution in [0.2, 0.25) is 0 Å². The van der Waals surface area contributed by atoms with Crippen LogP contribution in [0.3, 0.4) is 0 Å². The summed E-state index contributed by atoms with van der Waals surface area (Å²) in [4.78, 5) is 21.1. The topological polar surface area (TPSA) is 47.8 Å². The van der Waals surface area contributed by atoms with Crippen LogP contribution in [-0.4, -0.2) is 20.9 Å². The number of hydrogen-bond donors (Lipinski definition) is 0. The summed E-state index contributed by atoms with van der Waals surface area (Å²) in [6.07, 6.45) is 7.23. The van der Waals surface area contributed by atoms with Gasteiger partial charge in [0.05, 0.1) is 0 Å². The largest absolute Gasteiger partial charge is 0.278 e. The lowest BCUT2D eigenvalue weighted by Gasteiger charge is -2.22. The molecular weight excluding hydrogens is 356 g/mol. The van der Waals surface area contributed by atoms with Gasteiger partial charge >= 0.3 is 0 Å². The molecule has 0 aliphatic carbocycles. The van der Waals surface area contributed by atoms with Gasteiger partial charge < -0.3 is 0 Å². The zero-order valence-corrected chi connectivity index (χ0v) is 15.1. The van der Waals surface area contributed by atoms with Crippen LogP contribution >= 0.6 is 11.8 Å². The molecule has 0 bridgehead atoms. The second kappa shape index (κ2) is 7.78. The molecule has 4 nitrogen and oxygen atoms in total. The summed E-state index contributed by atoms with van der Waals surface area (Å²) >= 11 is 1.25. The first-order valence-corrected chi connectivity index (χ1v) is 8.87. The first kappa shape index (κ1) is 18.3. The van der Waals surface area contributed by atoms with E-state index in [9.17, 15) is 13.6 Å². The fourth-order valence-corrected chi connectivity index (χ4v) is 3.91. The van der Waals surface area contributed by atoms with Crippen LogP contribution in [-0.2, 0) is 4.79 Å². The molecule has 1 atom stereocenters. The summed E-state index contributed by atoms with van der Waals surface area (Å²) in [7, 11) is 0. The van der Waals surface area contributed by atoms with Gasteiger partial charge in [-0.05, 0) is 29.7 Å². The molecule has 0 saturated heterocycles. The van der Waals surface area contributed by atoms with Crippen LogP contribution in [0.4, 0.5) is 8.78 Å². The molecule has 2 aromatic heterocycles. The van der Waals surface area contributed by atoms with E-state index in [1.165, 1.54) is 28.5 Å². The molecule has 0 radical (unpaired) electrons. The summed E-state index contributed by atoms with van der Waals surface area (Å²) < 4.78 is 28.5. The van der Waals surface area contributed by atoms with E-state index in [1.54, 1.807) is 30.9 Å². The van der Waals surface area contributed by atoms with E-state index in [0.29, 0.717) is 17.1 Å². The highest BCUT2D eigenvalue weighted by Crippen LogP contribution is 2.39. The van der Waals surface area contributed by atoms with E-state index >= 15 is 0 Å². The molecule has 3 rings (SSSR count). The van der Waals surface area contributed by atoms with Gasteiger partial charge in [-0.25, -0.2) is 13.8 Å². The number of carbonyl (C=O) groups is 1. The first-order chi connectivity index (χ1) is 12.5. The zero-order chi connectivity index (χ0) is 18.7. The van der Waals surface area contributed by atoms with Gasteiger partial charge in [0, 0.05) is 46.6 Å². The molecular formula is C19H17F2N3OS. The lowest BCUT2D eigenvalue weighted by molar-refractivity contribution is 0.512. The minimum Gasteiger partial charge on any atom is -0.278 e. The predicted octanol–water partition coefficient (Wildman–Crippen LogP) is 4.53. The maximum absolute atomic E-state index is 13.5. The van der Waals surface area contributed by atoms with Crippen LogP contribution in [0.5, 0.6) is 0 Å². The highest BCUT2D eigenvalue weighted by Gasteiger charge is 2.26. The van der Waals surface area contributed by atoms with E-state index in [1.807, 2.05) is 13.8 Å². The number of carbonyl (C=O) groups excluding carboxylic acids is 1. The number of pyridine rings is 1. The van der Waals surface area contributed by atoms with E-state index in [4.69, 9.17) is 0 Å². The van der Waals surface area contributed by atoms with Gasteiger partial charge in [0.25, 0.3) is 0 Å². The molecule has 26 heavy (non-hydrogen) atoms. The molecule has 0 aliphatic rings. The van der Waals surface area contributed by atoms with Crippen molar-refractivity contribution >= 4 is 18.2 Å². The molecule has 0 aliphatic heterocycles. The van der Waals surface area contributed by atoms with Gasteiger partial charge in [-0.3, -0.25) is 14.3 Å². The molecule has 2 heterocycles. The van der Waals surface area contributed by atoms with E-state index in [2.05, 4.69) is 9.97 Å². The predicted molar refractivity (Wildman–Crippen MR) is 95.8 cm³/mol. The molecule has 0 spiro atoms. The van der Waals surface area contributed by atoms with Crippen LogP contribution in [0.25, 0.3) is 0 Å². The van der Waals surface area contributed by atoms with Gasteiger partial charge in [-0.1, -0.05) is 25.6 Å². The molecule has 1 unspecified atom stereocenters. The van der Waals surface area contributed by atoms with E-state index in [-0.39, 0.29) is 11.8 Å². The average molecular weight is 373 g/mol. The fraction of sp³-hybridized carbons (Fsp3) is 0.211. The van der Waals surface area contributed by atoms with Crippen LogP contribution < -0.4 is 0 Å². The first-order valence-electron chi connectivity index (χ1n) is 8.05. The van der Waals surface area contributed by atoms with Crippen molar-refractivity contribution in [3.63, 3.8) is 0 Å². The maximum Gasteiger partial charge on any atom is 0.219 e. The second-order valence-electron chi connectivity index (χ2n) is 6.14. The standard InChI is InChI=1S/C19H17F2N3OS/c1-12(2)18(19-23-5-6-24(19)11-25)16-10-22-4-3-17(16)26-15-8-13(20)7-14(21)9-15/h3-12,18H,1-2H3. The Bertz CT molecular complexity index is 906. The minimum atomic E-state index is -0.625. The number of halogens is 2. The molecule has 3 aromatic rings. The van der Waals surface area contributed by atoms with Crippen molar-refractivity contribution in [2.45, 2.75) is 29.6 Å². The summed E-state index contributed by atoms with van der Waals surface area (Å²) in [5, 5.41) is 0. The lowest BCUT2D eigenvalue weighted by Crippen LogP contribution is -2.16. The van der Waals surface area contributed by atoms with Crippen molar-refractivity contribution in [2.75, 3.05) is 0 Å². The summed E-state index contributed by atoms with van der Waals surface area (Å²) in [5.74, 6) is -0.705. The Balaban J connectivity index is 2.05. The second-order valence-corrected chi connectivity index (χ2v) is 7.26. The molecule has 1 aromatic carbocycles. The normalized spacial score (nSPS) is 12.3. The van der Waals surface area contributed by atoms with Crippen LogP contribution in [0.15, 0.2) is 58.8 Å². The van der Waals surface area contributed by atoms with Crippen molar-refractivity contribution in [1.82, 2.24) is 14.5 Å².